The van der Waals surface area contributed by atoms with Gasteiger partial charge in [-0.2, -0.15) is 5.26 Å². The minimum atomic E-state index is 0. The van der Waals surface area contributed by atoms with E-state index >= 15 is 0 Å². The zero-order valence-corrected chi connectivity index (χ0v) is 6.27. The van der Waals surface area contributed by atoms with Gasteiger partial charge in [0, 0.05) is 6.42 Å². The first-order chi connectivity index (χ1) is 4.43. The lowest BCUT2D eigenvalue weighted by molar-refractivity contribution is 0.364. The van der Waals surface area contributed by atoms with E-state index < -0.39 is 0 Å². The molecule has 58 valence electrons. The van der Waals surface area contributed by atoms with Crippen molar-refractivity contribution < 1.29 is 5.48 Å². The molecule has 2 heteroatoms. The lowest BCUT2D eigenvalue weighted by Crippen LogP contribution is -2.04. The van der Waals surface area contributed by atoms with Crippen LogP contribution in [-0.4, -0.2) is 5.48 Å². The van der Waals surface area contributed by atoms with Crippen molar-refractivity contribution in [2.45, 2.75) is 38.5 Å². The van der Waals surface area contributed by atoms with Crippen LogP contribution in [0.3, 0.4) is 0 Å². The summed E-state index contributed by atoms with van der Waals surface area (Å²) < 4.78 is 0. The topological polar surface area (TPSA) is 55.3 Å². The van der Waals surface area contributed by atoms with Crippen LogP contribution >= 0.6 is 0 Å². The Balaban J connectivity index is 0.000000810. The quantitative estimate of drug-likeness (QED) is 0.547. The minimum absolute atomic E-state index is 0. The SMILES string of the molecule is N#CCC1CCCCC1.O. The average Bonchev–Trinajstić information content (AvgIpc) is 1.91. The van der Waals surface area contributed by atoms with Gasteiger partial charge in [-0.05, 0) is 18.8 Å². The van der Waals surface area contributed by atoms with Crippen molar-refractivity contribution >= 4 is 0 Å². The molecule has 0 radical (unpaired) electrons. The van der Waals surface area contributed by atoms with Gasteiger partial charge in [0.1, 0.15) is 0 Å². The molecule has 0 heterocycles. The fourth-order valence-corrected chi connectivity index (χ4v) is 1.52. The predicted molar refractivity (Wildman–Crippen MR) is 40.4 cm³/mol. The summed E-state index contributed by atoms with van der Waals surface area (Å²) in [6.07, 6.45) is 7.49. The Hall–Kier alpha value is -0.550. The van der Waals surface area contributed by atoms with Crippen LogP contribution in [0.25, 0.3) is 0 Å². The second-order valence-corrected chi connectivity index (χ2v) is 2.87. The molecule has 0 aliphatic heterocycles. The Morgan fingerprint density at radius 3 is 2.30 bits per heavy atom. The Kier molecular flexibility index (Phi) is 4.96. The van der Waals surface area contributed by atoms with Crippen molar-refractivity contribution in [2.75, 3.05) is 0 Å². The van der Waals surface area contributed by atoms with Crippen LogP contribution in [0.1, 0.15) is 38.5 Å². The molecule has 0 aromatic rings. The molecule has 1 fully saturated rings. The summed E-state index contributed by atoms with van der Waals surface area (Å²) >= 11 is 0. The molecular weight excluding hydrogens is 126 g/mol. The Labute approximate surface area is 62.2 Å². The fourth-order valence-electron chi connectivity index (χ4n) is 1.52. The summed E-state index contributed by atoms with van der Waals surface area (Å²) in [5.41, 5.74) is 0. The first kappa shape index (κ1) is 9.45. The van der Waals surface area contributed by atoms with Crippen LogP contribution in [0, 0.1) is 17.2 Å². The number of nitriles is 1. The van der Waals surface area contributed by atoms with E-state index in [9.17, 15) is 0 Å². The molecular formula is C8H15NO. The zero-order valence-electron chi connectivity index (χ0n) is 6.27. The van der Waals surface area contributed by atoms with Crippen molar-refractivity contribution in [1.82, 2.24) is 0 Å². The van der Waals surface area contributed by atoms with E-state index in [4.69, 9.17) is 5.26 Å². The van der Waals surface area contributed by atoms with Gasteiger partial charge >= 0.3 is 0 Å². The number of hydrogen-bond acceptors (Lipinski definition) is 1. The second-order valence-electron chi connectivity index (χ2n) is 2.87. The first-order valence-electron chi connectivity index (χ1n) is 3.80. The zero-order chi connectivity index (χ0) is 6.53. The Bertz CT molecular complexity index is 111. The van der Waals surface area contributed by atoms with Gasteiger partial charge in [-0.3, -0.25) is 0 Å². The molecule has 0 bridgehead atoms. The maximum absolute atomic E-state index is 8.37. The Morgan fingerprint density at radius 2 is 1.80 bits per heavy atom. The highest BCUT2D eigenvalue weighted by atomic mass is 16.0. The minimum Gasteiger partial charge on any atom is -0.412 e. The molecule has 0 atom stereocenters. The maximum atomic E-state index is 8.37. The van der Waals surface area contributed by atoms with Crippen molar-refractivity contribution in [1.29, 1.82) is 5.26 Å². The molecule has 0 aromatic heterocycles. The van der Waals surface area contributed by atoms with E-state index in [0.717, 1.165) is 12.3 Å². The third-order valence-electron chi connectivity index (χ3n) is 2.10. The summed E-state index contributed by atoms with van der Waals surface area (Å²) in [7, 11) is 0. The van der Waals surface area contributed by atoms with Gasteiger partial charge in [-0.25, -0.2) is 0 Å². The van der Waals surface area contributed by atoms with Crippen molar-refractivity contribution in [3.8, 4) is 6.07 Å². The predicted octanol–water partition coefficient (Wildman–Crippen LogP) is 1.66. The fraction of sp³-hybridized carbons (Fsp3) is 0.875. The third-order valence-corrected chi connectivity index (χ3v) is 2.10. The number of rotatable bonds is 1. The van der Waals surface area contributed by atoms with E-state index in [0.29, 0.717) is 0 Å². The molecule has 0 aromatic carbocycles. The molecule has 2 nitrogen and oxygen atoms in total. The van der Waals surface area contributed by atoms with Crippen LogP contribution in [-0.2, 0) is 0 Å². The second kappa shape index (κ2) is 5.25. The molecule has 0 amide bonds. The molecule has 0 saturated heterocycles. The molecule has 2 N–H and O–H groups in total. The Morgan fingerprint density at radius 1 is 1.20 bits per heavy atom. The highest BCUT2D eigenvalue weighted by Gasteiger charge is 2.11. The molecule has 1 aliphatic carbocycles. The van der Waals surface area contributed by atoms with Crippen molar-refractivity contribution in [2.24, 2.45) is 5.92 Å². The van der Waals surface area contributed by atoms with Crippen molar-refractivity contribution in [3.05, 3.63) is 0 Å². The van der Waals surface area contributed by atoms with Gasteiger partial charge in [-0.15, -0.1) is 0 Å². The van der Waals surface area contributed by atoms with Crippen LogP contribution in [0.2, 0.25) is 0 Å². The largest absolute Gasteiger partial charge is 0.412 e. The normalized spacial score (nSPS) is 19.1. The summed E-state index contributed by atoms with van der Waals surface area (Å²) in [5.74, 6) is 0.740. The molecule has 0 spiro atoms. The van der Waals surface area contributed by atoms with E-state index in [2.05, 4.69) is 6.07 Å². The number of hydrogen-bond donors (Lipinski definition) is 0. The highest BCUT2D eigenvalue weighted by Crippen LogP contribution is 2.25. The van der Waals surface area contributed by atoms with E-state index in [-0.39, 0.29) is 5.48 Å². The van der Waals surface area contributed by atoms with Crippen molar-refractivity contribution in [3.63, 3.8) is 0 Å². The van der Waals surface area contributed by atoms with Gasteiger partial charge in [-0.1, -0.05) is 19.3 Å². The van der Waals surface area contributed by atoms with E-state index in [1.54, 1.807) is 0 Å². The summed E-state index contributed by atoms with van der Waals surface area (Å²) in [5, 5.41) is 8.37. The smallest absolute Gasteiger partial charge is 0.0624 e. The third kappa shape index (κ3) is 2.84. The standard InChI is InChI=1S/C8H13N.H2O/c9-7-6-8-4-2-1-3-5-8;/h8H,1-6H2;1H2. The van der Waals surface area contributed by atoms with Crippen LogP contribution in [0.15, 0.2) is 0 Å². The van der Waals surface area contributed by atoms with Crippen LogP contribution in [0.5, 0.6) is 0 Å². The van der Waals surface area contributed by atoms with Gasteiger partial charge in [0.25, 0.3) is 0 Å². The van der Waals surface area contributed by atoms with Crippen LogP contribution in [0.4, 0.5) is 0 Å². The lowest BCUT2D eigenvalue weighted by atomic mass is 9.87. The lowest BCUT2D eigenvalue weighted by Gasteiger charge is -2.17. The molecule has 1 aliphatic rings. The van der Waals surface area contributed by atoms with Crippen LogP contribution < -0.4 is 0 Å². The molecule has 0 unspecified atom stereocenters. The summed E-state index contributed by atoms with van der Waals surface area (Å²) in [6, 6.07) is 2.24. The van der Waals surface area contributed by atoms with Gasteiger partial charge in [0.2, 0.25) is 0 Å². The van der Waals surface area contributed by atoms with Gasteiger partial charge in [0.15, 0.2) is 0 Å². The molecule has 1 rings (SSSR count). The first-order valence-corrected chi connectivity index (χ1v) is 3.80. The van der Waals surface area contributed by atoms with Gasteiger partial charge in [0.05, 0.1) is 6.07 Å². The highest BCUT2D eigenvalue weighted by molar-refractivity contribution is 4.77. The monoisotopic (exact) mass is 141 g/mol. The summed E-state index contributed by atoms with van der Waals surface area (Å²) in [6.45, 7) is 0. The number of nitrogens with zero attached hydrogens (tertiary/aromatic N) is 1. The molecule has 10 heavy (non-hydrogen) atoms. The van der Waals surface area contributed by atoms with Gasteiger partial charge < -0.3 is 5.48 Å². The van der Waals surface area contributed by atoms with E-state index in [1.807, 2.05) is 0 Å². The van der Waals surface area contributed by atoms with E-state index in [1.165, 1.54) is 32.1 Å². The maximum Gasteiger partial charge on any atom is 0.0624 e. The molecule has 1 saturated carbocycles. The summed E-state index contributed by atoms with van der Waals surface area (Å²) in [4.78, 5) is 0. The average molecular weight is 141 g/mol.